The van der Waals surface area contributed by atoms with Gasteiger partial charge in [0.25, 0.3) is 12.3 Å². The van der Waals surface area contributed by atoms with Gasteiger partial charge < -0.3 is 10.1 Å². The molecule has 0 aromatic carbocycles. The Balaban J connectivity index is 1.59. The highest BCUT2D eigenvalue weighted by molar-refractivity contribution is 6.08. The van der Waals surface area contributed by atoms with Gasteiger partial charge in [-0.25, -0.2) is 18.3 Å². The Bertz CT molecular complexity index is 1020. The van der Waals surface area contributed by atoms with Crippen LogP contribution in [0.5, 0.6) is 5.75 Å². The summed E-state index contributed by atoms with van der Waals surface area (Å²) in [5, 5.41) is 10.7. The van der Waals surface area contributed by atoms with Crippen molar-refractivity contribution < 1.29 is 18.3 Å². The van der Waals surface area contributed by atoms with Gasteiger partial charge in [-0.2, -0.15) is 10.2 Å². The summed E-state index contributed by atoms with van der Waals surface area (Å²) in [6.07, 6.45) is 6.93. The monoisotopic (exact) mass is 404 g/mol. The van der Waals surface area contributed by atoms with Gasteiger partial charge in [-0.05, 0) is 31.6 Å². The average Bonchev–Trinajstić information content (AvgIpc) is 3.32. The van der Waals surface area contributed by atoms with Gasteiger partial charge in [0.1, 0.15) is 5.56 Å². The van der Waals surface area contributed by atoms with Crippen LogP contribution in [0.4, 0.5) is 14.5 Å². The summed E-state index contributed by atoms with van der Waals surface area (Å²) in [5.74, 6) is 0.546. The predicted octanol–water partition coefficient (Wildman–Crippen LogP) is 3.88. The zero-order valence-corrected chi connectivity index (χ0v) is 16.2. The van der Waals surface area contributed by atoms with Crippen LogP contribution < -0.4 is 10.1 Å². The van der Waals surface area contributed by atoms with E-state index in [1.807, 2.05) is 0 Å². The molecule has 1 aliphatic carbocycles. The fourth-order valence-electron chi connectivity index (χ4n) is 3.67. The molecule has 154 valence electrons. The molecule has 0 radical (unpaired) electrons. The first-order chi connectivity index (χ1) is 14.0. The van der Waals surface area contributed by atoms with Gasteiger partial charge in [0.05, 0.1) is 37.4 Å². The second kappa shape index (κ2) is 7.76. The number of rotatable bonds is 5. The molecule has 29 heavy (non-hydrogen) atoms. The number of halogens is 2. The van der Waals surface area contributed by atoms with E-state index < -0.39 is 18.0 Å². The Morgan fingerprint density at radius 1 is 1.24 bits per heavy atom. The number of methoxy groups -OCH3 is 1. The van der Waals surface area contributed by atoms with E-state index in [4.69, 9.17) is 4.74 Å². The van der Waals surface area contributed by atoms with Gasteiger partial charge in [0.2, 0.25) is 0 Å². The van der Waals surface area contributed by atoms with Crippen molar-refractivity contribution in [1.82, 2.24) is 24.4 Å². The highest BCUT2D eigenvalue weighted by Crippen LogP contribution is 2.34. The van der Waals surface area contributed by atoms with E-state index >= 15 is 0 Å². The van der Waals surface area contributed by atoms with Gasteiger partial charge in [-0.1, -0.05) is 6.92 Å². The Kier molecular flexibility index (Phi) is 5.16. The average molecular weight is 404 g/mol. The SMILES string of the molecule is COc1cnc2c(C(=O)Nc3cn(C4CCC(C)CC4)nc3C(F)F)cnn2c1. The first-order valence-corrected chi connectivity index (χ1v) is 9.52. The third-order valence-electron chi connectivity index (χ3n) is 5.39. The highest BCUT2D eigenvalue weighted by atomic mass is 19.3. The molecule has 3 aromatic heterocycles. The Labute approximate surface area is 165 Å². The van der Waals surface area contributed by atoms with Crippen LogP contribution in [0.15, 0.2) is 24.8 Å². The minimum absolute atomic E-state index is 0.0106. The molecule has 3 heterocycles. The maximum absolute atomic E-state index is 13.5. The number of alkyl halides is 2. The molecule has 10 heteroatoms. The van der Waals surface area contributed by atoms with Crippen molar-refractivity contribution >= 4 is 17.2 Å². The van der Waals surface area contributed by atoms with Crippen LogP contribution in [-0.2, 0) is 0 Å². The van der Waals surface area contributed by atoms with Crippen molar-refractivity contribution in [3.8, 4) is 5.75 Å². The zero-order valence-electron chi connectivity index (χ0n) is 16.2. The van der Waals surface area contributed by atoms with Crippen LogP contribution in [-0.4, -0.2) is 37.4 Å². The van der Waals surface area contributed by atoms with Crippen LogP contribution in [0.3, 0.4) is 0 Å². The fraction of sp³-hybridized carbons (Fsp3) is 0.474. The number of anilines is 1. The van der Waals surface area contributed by atoms with E-state index in [1.54, 1.807) is 10.9 Å². The lowest BCUT2D eigenvalue weighted by Gasteiger charge is -2.26. The molecule has 1 fully saturated rings. The first-order valence-electron chi connectivity index (χ1n) is 9.52. The maximum atomic E-state index is 13.5. The van der Waals surface area contributed by atoms with Crippen LogP contribution in [0, 0.1) is 5.92 Å². The van der Waals surface area contributed by atoms with E-state index in [1.165, 1.54) is 30.2 Å². The molecule has 1 amide bonds. The molecule has 8 nitrogen and oxygen atoms in total. The van der Waals surface area contributed by atoms with Crippen molar-refractivity contribution in [3.63, 3.8) is 0 Å². The summed E-state index contributed by atoms with van der Waals surface area (Å²) < 4.78 is 35.1. The number of aromatic nitrogens is 5. The first kappa shape index (κ1) is 19.3. The van der Waals surface area contributed by atoms with E-state index in [2.05, 4.69) is 27.4 Å². The molecule has 0 atom stereocenters. The molecule has 0 bridgehead atoms. The molecular formula is C19H22F2N6O2. The summed E-state index contributed by atoms with van der Waals surface area (Å²) >= 11 is 0. The quantitative estimate of drug-likeness (QED) is 0.698. The topological polar surface area (TPSA) is 86.3 Å². The van der Waals surface area contributed by atoms with E-state index in [0.717, 1.165) is 25.7 Å². The number of amides is 1. The van der Waals surface area contributed by atoms with Gasteiger partial charge in [-0.3, -0.25) is 9.48 Å². The second-order valence-corrected chi connectivity index (χ2v) is 7.40. The van der Waals surface area contributed by atoms with Crippen molar-refractivity contribution in [2.45, 2.75) is 45.1 Å². The lowest BCUT2D eigenvalue weighted by atomic mass is 9.87. The smallest absolute Gasteiger partial charge is 0.284 e. The molecule has 0 spiro atoms. The molecular weight excluding hydrogens is 382 g/mol. The third kappa shape index (κ3) is 3.79. The van der Waals surface area contributed by atoms with Crippen molar-refractivity contribution in [2.24, 2.45) is 5.92 Å². The minimum atomic E-state index is -2.79. The fourth-order valence-corrected chi connectivity index (χ4v) is 3.67. The highest BCUT2D eigenvalue weighted by Gasteiger charge is 2.26. The standard InChI is InChI=1S/C19H22F2N6O2/c1-11-3-5-12(6-4-11)26-10-15(16(25-26)17(20)21)24-19(28)14-8-23-27-9-13(29-2)7-22-18(14)27/h7-12,17H,3-6H2,1-2H3,(H,24,28). The number of carbonyl (C=O) groups is 1. The Morgan fingerprint density at radius 2 is 2.00 bits per heavy atom. The van der Waals surface area contributed by atoms with Crippen LogP contribution in [0.1, 0.15) is 61.1 Å². The number of carbonyl (C=O) groups excluding carboxylic acids is 1. The largest absolute Gasteiger partial charge is 0.494 e. The number of nitrogens with one attached hydrogen (secondary N) is 1. The van der Waals surface area contributed by atoms with E-state index in [9.17, 15) is 13.6 Å². The third-order valence-corrected chi connectivity index (χ3v) is 5.39. The molecule has 1 saturated carbocycles. The number of hydrogen-bond acceptors (Lipinski definition) is 5. The second-order valence-electron chi connectivity index (χ2n) is 7.40. The van der Waals surface area contributed by atoms with Crippen LogP contribution in [0.25, 0.3) is 5.65 Å². The molecule has 1 aliphatic rings. The number of nitrogens with zero attached hydrogens (tertiary/aromatic N) is 5. The molecule has 3 aromatic rings. The van der Waals surface area contributed by atoms with E-state index in [-0.39, 0.29) is 17.3 Å². The van der Waals surface area contributed by atoms with Gasteiger partial charge in [-0.15, -0.1) is 0 Å². The number of ether oxygens (including phenoxy) is 1. The minimum Gasteiger partial charge on any atom is -0.494 e. The molecule has 1 N–H and O–H groups in total. The van der Waals surface area contributed by atoms with Gasteiger partial charge >= 0.3 is 0 Å². The van der Waals surface area contributed by atoms with Gasteiger partial charge in [0, 0.05) is 6.20 Å². The summed E-state index contributed by atoms with van der Waals surface area (Å²) in [7, 11) is 1.50. The van der Waals surface area contributed by atoms with Crippen molar-refractivity contribution in [2.75, 3.05) is 12.4 Å². The summed E-state index contributed by atoms with van der Waals surface area (Å²) in [6, 6.07) is 0.0699. The lowest BCUT2D eigenvalue weighted by molar-refractivity contribution is 0.102. The maximum Gasteiger partial charge on any atom is 0.284 e. The molecule has 4 rings (SSSR count). The molecule has 0 saturated heterocycles. The molecule has 0 aliphatic heterocycles. The number of fused-ring (bicyclic) bond motifs is 1. The normalized spacial score (nSPS) is 19.6. The van der Waals surface area contributed by atoms with Crippen molar-refractivity contribution in [1.29, 1.82) is 0 Å². The van der Waals surface area contributed by atoms with Crippen LogP contribution >= 0.6 is 0 Å². The predicted molar refractivity (Wildman–Crippen MR) is 101 cm³/mol. The lowest BCUT2D eigenvalue weighted by Crippen LogP contribution is -2.17. The summed E-state index contributed by atoms with van der Waals surface area (Å²) in [6.45, 7) is 2.19. The van der Waals surface area contributed by atoms with E-state index in [0.29, 0.717) is 17.3 Å². The zero-order chi connectivity index (χ0) is 20.5. The van der Waals surface area contributed by atoms with Crippen molar-refractivity contribution in [3.05, 3.63) is 36.0 Å². The van der Waals surface area contributed by atoms with Crippen LogP contribution in [0.2, 0.25) is 0 Å². The van der Waals surface area contributed by atoms with Gasteiger partial charge in [0.15, 0.2) is 17.1 Å². The number of hydrogen-bond donors (Lipinski definition) is 1. The Morgan fingerprint density at radius 3 is 2.69 bits per heavy atom. The Hall–Kier alpha value is -3.04. The summed E-state index contributed by atoms with van der Waals surface area (Å²) in [4.78, 5) is 16.9. The summed E-state index contributed by atoms with van der Waals surface area (Å²) in [5.41, 5.74) is 0.0576. The molecule has 0 unspecified atom stereocenters.